The molecule has 0 bridgehead atoms. The molecule has 0 radical (unpaired) electrons. The summed E-state index contributed by atoms with van der Waals surface area (Å²) >= 11 is 0. The van der Waals surface area contributed by atoms with Crippen molar-refractivity contribution in [1.29, 1.82) is 0 Å². The van der Waals surface area contributed by atoms with Crippen molar-refractivity contribution < 1.29 is 19.1 Å². The van der Waals surface area contributed by atoms with Crippen LogP contribution in [0.15, 0.2) is 42.7 Å². The van der Waals surface area contributed by atoms with Crippen molar-refractivity contribution in [3.63, 3.8) is 0 Å². The summed E-state index contributed by atoms with van der Waals surface area (Å²) in [5.74, 6) is 1.23. The van der Waals surface area contributed by atoms with Gasteiger partial charge in [0.1, 0.15) is 0 Å². The molecule has 0 N–H and O–H groups in total. The van der Waals surface area contributed by atoms with Crippen LogP contribution in [0.5, 0.6) is 11.5 Å². The molecule has 1 aliphatic rings. The topological polar surface area (TPSA) is 72.0 Å². The highest BCUT2D eigenvalue weighted by atomic mass is 16.5. The molecule has 27 heavy (non-hydrogen) atoms. The lowest BCUT2D eigenvalue weighted by molar-refractivity contribution is -0.131. The van der Waals surface area contributed by atoms with Gasteiger partial charge in [-0.25, -0.2) is 0 Å². The minimum atomic E-state index is -0.0462. The fourth-order valence-electron chi connectivity index (χ4n) is 3.11. The first-order valence-corrected chi connectivity index (χ1v) is 8.80. The van der Waals surface area contributed by atoms with Crippen molar-refractivity contribution in [3.05, 3.63) is 53.9 Å². The number of carbonyl (C=O) groups excluding carboxylic acids is 2. The molecule has 1 saturated heterocycles. The van der Waals surface area contributed by atoms with Crippen molar-refractivity contribution >= 4 is 11.8 Å². The highest BCUT2D eigenvalue weighted by Gasteiger charge is 2.25. The largest absolute Gasteiger partial charge is 0.493 e. The number of piperazine rings is 1. The molecule has 2 amide bonds. The first-order valence-electron chi connectivity index (χ1n) is 8.80. The molecular weight excluding hydrogens is 346 g/mol. The van der Waals surface area contributed by atoms with E-state index in [1.807, 2.05) is 12.1 Å². The SMILES string of the molecule is COc1ccc(CC(=O)N2CCN(C(=O)c3cccnc3)CC2)cc1OC. The molecule has 0 aliphatic carbocycles. The standard InChI is InChI=1S/C20H23N3O4/c1-26-17-6-5-15(12-18(17)27-2)13-19(24)22-8-10-23(11-9-22)20(25)16-4-3-7-21-14-16/h3-7,12,14H,8-11,13H2,1-2H3. The third kappa shape index (κ3) is 4.36. The second-order valence-corrected chi connectivity index (χ2v) is 6.28. The third-order valence-corrected chi connectivity index (χ3v) is 4.63. The monoisotopic (exact) mass is 369 g/mol. The van der Waals surface area contributed by atoms with Gasteiger partial charge in [-0.05, 0) is 29.8 Å². The van der Waals surface area contributed by atoms with Gasteiger partial charge in [-0.1, -0.05) is 6.07 Å². The summed E-state index contributed by atoms with van der Waals surface area (Å²) in [6, 6.07) is 8.98. The predicted molar refractivity (Wildman–Crippen MR) is 100.0 cm³/mol. The highest BCUT2D eigenvalue weighted by molar-refractivity contribution is 5.94. The van der Waals surface area contributed by atoms with Crippen molar-refractivity contribution in [2.45, 2.75) is 6.42 Å². The van der Waals surface area contributed by atoms with E-state index in [0.29, 0.717) is 43.2 Å². The Hall–Kier alpha value is -3.09. The zero-order valence-corrected chi connectivity index (χ0v) is 15.6. The Balaban J connectivity index is 1.56. The maximum Gasteiger partial charge on any atom is 0.255 e. The van der Waals surface area contributed by atoms with E-state index in [4.69, 9.17) is 9.47 Å². The molecule has 7 heteroatoms. The van der Waals surface area contributed by atoms with Crippen molar-refractivity contribution in [2.24, 2.45) is 0 Å². The Morgan fingerprint density at radius 1 is 1.00 bits per heavy atom. The number of hydrogen-bond acceptors (Lipinski definition) is 5. The van der Waals surface area contributed by atoms with E-state index in [-0.39, 0.29) is 18.2 Å². The minimum absolute atomic E-state index is 0.0377. The van der Waals surface area contributed by atoms with Crippen LogP contribution in [0.25, 0.3) is 0 Å². The summed E-state index contributed by atoms with van der Waals surface area (Å²) in [5, 5.41) is 0. The van der Waals surface area contributed by atoms with Crippen molar-refractivity contribution in [1.82, 2.24) is 14.8 Å². The van der Waals surface area contributed by atoms with E-state index in [1.165, 1.54) is 0 Å². The summed E-state index contributed by atoms with van der Waals surface area (Å²) in [6.45, 7) is 2.09. The molecule has 0 atom stereocenters. The molecular formula is C20H23N3O4. The Labute approximate surface area is 158 Å². The van der Waals surface area contributed by atoms with Crippen LogP contribution >= 0.6 is 0 Å². The number of amides is 2. The molecule has 1 fully saturated rings. The normalized spacial score (nSPS) is 14.0. The quantitative estimate of drug-likeness (QED) is 0.801. The summed E-state index contributed by atoms with van der Waals surface area (Å²) in [5.41, 5.74) is 1.44. The van der Waals surface area contributed by atoms with Gasteiger partial charge in [0.05, 0.1) is 26.2 Å². The lowest BCUT2D eigenvalue weighted by Crippen LogP contribution is -2.51. The fraction of sp³-hybridized carbons (Fsp3) is 0.350. The maximum absolute atomic E-state index is 12.6. The van der Waals surface area contributed by atoms with Crippen molar-refractivity contribution in [2.75, 3.05) is 40.4 Å². The number of methoxy groups -OCH3 is 2. The van der Waals surface area contributed by atoms with E-state index in [1.54, 1.807) is 54.6 Å². The van der Waals surface area contributed by atoms with Crippen LogP contribution in [0, 0.1) is 0 Å². The van der Waals surface area contributed by atoms with E-state index < -0.39 is 0 Å². The molecule has 0 saturated carbocycles. The van der Waals surface area contributed by atoms with Crippen LogP contribution in [0.3, 0.4) is 0 Å². The summed E-state index contributed by atoms with van der Waals surface area (Å²) in [7, 11) is 3.15. The third-order valence-electron chi connectivity index (χ3n) is 4.63. The number of pyridine rings is 1. The van der Waals surface area contributed by atoms with Crippen LogP contribution in [-0.2, 0) is 11.2 Å². The van der Waals surface area contributed by atoms with Gasteiger partial charge < -0.3 is 19.3 Å². The van der Waals surface area contributed by atoms with E-state index >= 15 is 0 Å². The van der Waals surface area contributed by atoms with Gasteiger partial charge in [0, 0.05) is 38.6 Å². The van der Waals surface area contributed by atoms with Gasteiger partial charge >= 0.3 is 0 Å². The molecule has 2 heterocycles. The predicted octanol–water partition coefficient (Wildman–Crippen LogP) is 1.63. The van der Waals surface area contributed by atoms with Gasteiger partial charge in [-0.2, -0.15) is 0 Å². The number of carbonyl (C=O) groups is 2. The highest BCUT2D eigenvalue weighted by Crippen LogP contribution is 2.27. The number of rotatable bonds is 5. The number of aromatic nitrogens is 1. The fourth-order valence-corrected chi connectivity index (χ4v) is 3.11. The van der Waals surface area contributed by atoms with Gasteiger partial charge in [0.2, 0.25) is 5.91 Å². The first kappa shape index (κ1) is 18.7. The van der Waals surface area contributed by atoms with Gasteiger partial charge in [0.15, 0.2) is 11.5 Å². The van der Waals surface area contributed by atoms with E-state index in [9.17, 15) is 9.59 Å². The Bertz CT molecular complexity index is 802. The summed E-state index contributed by atoms with van der Waals surface area (Å²) in [6.07, 6.45) is 3.50. The molecule has 1 aliphatic heterocycles. The van der Waals surface area contributed by atoms with Crippen molar-refractivity contribution in [3.8, 4) is 11.5 Å². The Morgan fingerprint density at radius 3 is 2.33 bits per heavy atom. The number of hydrogen-bond donors (Lipinski definition) is 0. The molecule has 2 aromatic rings. The maximum atomic E-state index is 12.6. The Morgan fingerprint density at radius 2 is 1.70 bits per heavy atom. The molecule has 3 rings (SSSR count). The summed E-state index contributed by atoms with van der Waals surface area (Å²) in [4.78, 5) is 32.6. The molecule has 1 aromatic carbocycles. The lowest BCUT2D eigenvalue weighted by Gasteiger charge is -2.34. The zero-order chi connectivity index (χ0) is 19.2. The van der Waals surface area contributed by atoms with Gasteiger partial charge in [-0.15, -0.1) is 0 Å². The molecule has 1 aromatic heterocycles. The molecule has 7 nitrogen and oxygen atoms in total. The second-order valence-electron chi connectivity index (χ2n) is 6.28. The minimum Gasteiger partial charge on any atom is -0.493 e. The molecule has 142 valence electrons. The van der Waals surface area contributed by atoms with Gasteiger partial charge in [-0.3, -0.25) is 14.6 Å². The average Bonchev–Trinajstić information content (AvgIpc) is 2.73. The van der Waals surface area contributed by atoms with Crippen LogP contribution < -0.4 is 9.47 Å². The molecule has 0 unspecified atom stereocenters. The number of ether oxygens (including phenoxy) is 2. The van der Waals surface area contributed by atoms with Crippen LogP contribution in [0.4, 0.5) is 0 Å². The lowest BCUT2D eigenvalue weighted by atomic mass is 10.1. The summed E-state index contributed by atoms with van der Waals surface area (Å²) < 4.78 is 10.5. The molecule has 0 spiro atoms. The average molecular weight is 369 g/mol. The first-order chi connectivity index (χ1) is 13.1. The van der Waals surface area contributed by atoms with E-state index in [0.717, 1.165) is 5.56 Å². The Kier molecular flexibility index (Phi) is 5.90. The number of benzene rings is 1. The second kappa shape index (κ2) is 8.53. The van der Waals surface area contributed by atoms with Crippen LogP contribution in [-0.4, -0.2) is 67.0 Å². The van der Waals surface area contributed by atoms with Crippen LogP contribution in [0.2, 0.25) is 0 Å². The number of nitrogens with zero attached hydrogens (tertiary/aromatic N) is 3. The van der Waals surface area contributed by atoms with Crippen LogP contribution in [0.1, 0.15) is 15.9 Å². The van der Waals surface area contributed by atoms with E-state index in [2.05, 4.69) is 4.98 Å². The zero-order valence-electron chi connectivity index (χ0n) is 15.6. The smallest absolute Gasteiger partial charge is 0.255 e. The van der Waals surface area contributed by atoms with Gasteiger partial charge in [0.25, 0.3) is 5.91 Å².